The van der Waals surface area contributed by atoms with E-state index in [4.69, 9.17) is 10.6 Å². The van der Waals surface area contributed by atoms with Gasteiger partial charge in [-0.3, -0.25) is 19.0 Å². The topological polar surface area (TPSA) is 150 Å². The first kappa shape index (κ1) is 20.0. The number of hydrogen-bond acceptors (Lipinski definition) is 8. The summed E-state index contributed by atoms with van der Waals surface area (Å²) >= 11 is 0. The molecule has 1 unspecified atom stereocenters. The van der Waals surface area contributed by atoms with Crippen LogP contribution in [0.5, 0.6) is 0 Å². The Hall–Kier alpha value is -3.04. The number of Topliss-reactive ketones (excluding diaryl/α,β-unsaturated/α-hetero) is 1. The molecule has 1 rings (SSSR count). The van der Waals surface area contributed by atoms with Crippen molar-refractivity contribution in [2.24, 2.45) is 5.16 Å². The van der Waals surface area contributed by atoms with E-state index in [1.165, 1.54) is 30.8 Å². The van der Waals surface area contributed by atoms with Crippen molar-refractivity contribution in [3.05, 3.63) is 22.7 Å². The van der Waals surface area contributed by atoms with Gasteiger partial charge in [0.25, 0.3) is 5.56 Å². The highest BCUT2D eigenvalue weighted by Gasteiger charge is 2.21. The van der Waals surface area contributed by atoms with Crippen LogP contribution in [0.25, 0.3) is 0 Å². The fourth-order valence-electron chi connectivity index (χ4n) is 1.99. The van der Waals surface area contributed by atoms with Crippen LogP contribution in [-0.2, 0) is 9.59 Å². The summed E-state index contributed by atoms with van der Waals surface area (Å²) in [5, 5.41) is 24.4. The molecule has 0 aliphatic rings. The lowest BCUT2D eigenvalue weighted by atomic mass is 10.2. The van der Waals surface area contributed by atoms with Crippen molar-refractivity contribution < 1.29 is 14.8 Å². The minimum atomic E-state index is -0.782. The predicted molar refractivity (Wildman–Crippen MR) is 92.6 cm³/mol. The third kappa shape index (κ3) is 5.52. The first-order valence-corrected chi connectivity index (χ1v) is 7.66. The molecule has 0 saturated carbocycles. The first-order valence-electron chi connectivity index (χ1n) is 7.66. The monoisotopic (exact) mass is 350 g/mol. The zero-order valence-electron chi connectivity index (χ0n) is 14.4. The Morgan fingerprint density at radius 2 is 2.08 bits per heavy atom. The highest BCUT2D eigenvalue weighted by atomic mass is 16.4. The number of nitrogens with one attached hydrogen (secondary N) is 3. The predicted octanol–water partition coefficient (Wildman–Crippen LogP) is 0.181. The van der Waals surface area contributed by atoms with Crippen LogP contribution in [0.2, 0.25) is 0 Å². The number of carbonyl (C=O) groups is 2. The molecule has 1 aromatic heterocycles. The van der Waals surface area contributed by atoms with Gasteiger partial charge in [-0.15, -0.1) is 0 Å². The van der Waals surface area contributed by atoms with E-state index < -0.39 is 17.5 Å². The van der Waals surface area contributed by atoms with E-state index in [2.05, 4.69) is 20.8 Å². The third-order valence-electron chi connectivity index (χ3n) is 3.42. The minimum absolute atomic E-state index is 0.00894. The Balaban J connectivity index is 2.97. The number of hydrogen-bond donors (Lipinski definition) is 4. The molecule has 1 atom stereocenters. The van der Waals surface area contributed by atoms with Crippen LogP contribution in [0.1, 0.15) is 33.2 Å². The molecule has 10 nitrogen and oxygen atoms in total. The van der Waals surface area contributed by atoms with Crippen LogP contribution in [0.3, 0.4) is 0 Å². The van der Waals surface area contributed by atoms with Crippen LogP contribution in [0.15, 0.2) is 22.3 Å². The lowest BCUT2D eigenvalue weighted by Gasteiger charge is -2.18. The number of amides is 1. The highest BCUT2D eigenvalue weighted by Crippen LogP contribution is 2.09. The molecule has 0 bridgehead atoms. The Morgan fingerprint density at radius 3 is 2.64 bits per heavy atom. The van der Waals surface area contributed by atoms with Crippen molar-refractivity contribution in [3.8, 4) is 0 Å². The van der Waals surface area contributed by atoms with Crippen molar-refractivity contribution in [1.82, 2.24) is 14.9 Å². The first-order chi connectivity index (χ1) is 11.8. The Labute approximate surface area is 144 Å². The molecule has 1 aromatic rings. The van der Waals surface area contributed by atoms with Crippen molar-refractivity contribution in [3.63, 3.8) is 0 Å². The van der Waals surface area contributed by atoms with Gasteiger partial charge >= 0.3 is 0 Å². The summed E-state index contributed by atoms with van der Waals surface area (Å²) in [6.07, 6.45) is 3.10. The summed E-state index contributed by atoms with van der Waals surface area (Å²) in [6, 6.07) is -0.782. The number of nitrogens with zero attached hydrogens (tertiary/aromatic N) is 3. The second-order valence-electron chi connectivity index (χ2n) is 5.35. The number of ketones is 1. The van der Waals surface area contributed by atoms with Crippen molar-refractivity contribution in [2.75, 3.05) is 18.4 Å². The van der Waals surface area contributed by atoms with Crippen molar-refractivity contribution in [1.29, 1.82) is 5.41 Å². The van der Waals surface area contributed by atoms with Gasteiger partial charge in [0.2, 0.25) is 5.91 Å². The van der Waals surface area contributed by atoms with Crippen molar-refractivity contribution in [2.45, 2.75) is 33.2 Å². The number of rotatable bonds is 9. The quantitative estimate of drug-likeness (QED) is 0.283. The lowest BCUT2D eigenvalue weighted by molar-refractivity contribution is -0.127. The van der Waals surface area contributed by atoms with Gasteiger partial charge in [0.05, 0.1) is 24.5 Å². The maximum absolute atomic E-state index is 12.5. The van der Waals surface area contributed by atoms with Crippen LogP contribution in [0, 0.1) is 5.41 Å². The Morgan fingerprint density at radius 1 is 1.40 bits per heavy atom. The SMILES string of the molecule is CCC(C(=O)NCC(C)=O)n1ccnc(NCC(=N)/C(C)=N\O)c1=O. The largest absolute Gasteiger partial charge is 0.411 e. The smallest absolute Gasteiger partial charge is 0.294 e. The zero-order valence-corrected chi connectivity index (χ0v) is 14.4. The standard InChI is InChI=1S/C15H22N6O4/c1-4-12(14(23)19-7-9(2)22)21-6-5-17-13(15(21)24)18-8-11(16)10(3)20-25/h5-6,12,16,25H,4,7-8H2,1-3H3,(H,17,18)(H,19,23)/b16-11?,20-10-. The van der Waals surface area contributed by atoms with Gasteiger partial charge in [-0.1, -0.05) is 12.1 Å². The summed E-state index contributed by atoms with van der Waals surface area (Å²) in [6.45, 7) is 4.39. The van der Waals surface area contributed by atoms with Crippen LogP contribution in [0.4, 0.5) is 5.82 Å². The zero-order chi connectivity index (χ0) is 19.0. The second-order valence-corrected chi connectivity index (χ2v) is 5.35. The van der Waals surface area contributed by atoms with E-state index in [0.29, 0.717) is 6.42 Å². The molecule has 25 heavy (non-hydrogen) atoms. The van der Waals surface area contributed by atoms with E-state index in [0.717, 1.165) is 0 Å². The van der Waals surface area contributed by atoms with Gasteiger partial charge in [-0.05, 0) is 20.3 Å². The van der Waals surface area contributed by atoms with E-state index in [1.807, 2.05) is 0 Å². The summed E-state index contributed by atoms with van der Waals surface area (Å²) in [4.78, 5) is 39.6. The summed E-state index contributed by atoms with van der Waals surface area (Å²) in [7, 11) is 0. The molecule has 1 amide bonds. The highest BCUT2D eigenvalue weighted by molar-refractivity contribution is 6.41. The van der Waals surface area contributed by atoms with Gasteiger partial charge in [0.1, 0.15) is 11.8 Å². The van der Waals surface area contributed by atoms with Gasteiger partial charge in [0.15, 0.2) is 5.82 Å². The van der Waals surface area contributed by atoms with Gasteiger partial charge in [-0.25, -0.2) is 4.98 Å². The molecule has 136 valence electrons. The molecule has 0 radical (unpaired) electrons. The summed E-state index contributed by atoms with van der Waals surface area (Å²) in [5.74, 6) is -0.657. The molecule has 0 fully saturated rings. The van der Waals surface area contributed by atoms with Gasteiger partial charge in [0, 0.05) is 12.4 Å². The molecule has 0 saturated heterocycles. The average molecular weight is 350 g/mol. The van der Waals surface area contributed by atoms with E-state index in [9.17, 15) is 14.4 Å². The van der Waals surface area contributed by atoms with E-state index in [1.54, 1.807) is 6.92 Å². The Bertz CT molecular complexity index is 740. The number of aromatic nitrogens is 2. The molecule has 10 heteroatoms. The maximum atomic E-state index is 12.5. The number of carbonyl (C=O) groups excluding carboxylic acids is 2. The fraction of sp³-hybridized carbons (Fsp3) is 0.467. The minimum Gasteiger partial charge on any atom is -0.411 e. The molecule has 4 N–H and O–H groups in total. The van der Waals surface area contributed by atoms with E-state index >= 15 is 0 Å². The van der Waals surface area contributed by atoms with Crippen LogP contribution in [-0.4, -0.2) is 51.0 Å². The van der Waals surface area contributed by atoms with Crippen LogP contribution < -0.4 is 16.2 Å². The van der Waals surface area contributed by atoms with Crippen molar-refractivity contribution >= 4 is 28.9 Å². The number of anilines is 1. The number of oxime groups is 1. The second kappa shape index (κ2) is 9.30. The average Bonchev–Trinajstić information content (AvgIpc) is 2.59. The molecule has 1 heterocycles. The van der Waals surface area contributed by atoms with E-state index in [-0.39, 0.29) is 36.1 Å². The molecule has 0 aliphatic heterocycles. The normalized spacial score (nSPS) is 12.4. The molecule has 0 spiro atoms. The van der Waals surface area contributed by atoms with Crippen LogP contribution >= 0.6 is 0 Å². The molecule has 0 aromatic carbocycles. The Kier molecular flexibility index (Phi) is 7.44. The summed E-state index contributed by atoms with van der Waals surface area (Å²) in [5.41, 5.74) is -0.428. The molecular weight excluding hydrogens is 328 g/mol. The fourth-order valence-corrected chi connectivity index (χ4v) is 1.99. The van der Waals surface area contributed by atoms with Gasteiger partial charge < -0.3 is 21.3 Å². The molecular formula is C15H22N6O4. The molecule has 0 aliphatic carbocycles. The summed E-state index contributed by atoms with van der Waals surface area (Å²) < 4.78 is 1.22. The maximum Gasteiger partial charge on any atom is 0.294 e. The third-order valence-corrected chi connectivity index (χ3v) is 3.42. The lowest BCUT2D eigenvalue weighted by Crippen LogP contribution is -2.39. The van der Waals surface area contributed by atoms with Gasteiger partial charge in [-0.2, -0.15) is 0 Å².